The van der Waals surface area contributed by atoms with E-state index in [9.17, 15) is 22.8 Å². The molecule has 0 radical (unpaired) electrons. The van der Waals surface area contributed by atoms with E-state index in [0.29, 0.717) is 5.56 Å². The standard InChI is InChI=1S/C20H17F3N4O2/c21-20(22,23)15-5-3-4-13(8-15)9-19(29)26-25-10-14-11-27(12-18(24)28)17-7-2-1-6-16(14)17/h1-8,10-11H,9,12H2,(H2,24,28)(H,26,29)/b25-10+. The number of nitrogens with zero attached hydrogens (tertiary/aromatic N) is 2. The molecule has 2 aromatic carbocycles. The van der Waals surface area contributed by atoms with Gasteiger partial charge >= 0.3 is 6.18 Å². The first-order valence-electron chi connectivity index (χ1n) is 8.58. The first-order chi connectivity index (χ1) is 13.7. The zero-order valence-corrected chi connectivity index (χ0v) is 15.1. The number of alkyl halides is 3. The number of nitrogens with two attached hydrogens (primary N) is 1. The second-order valence-electron chi connectivity index (χ2n) is 6.36. The van der Waals surface area contributed by atoms with Crippen molar-refractivity contribution < 1.29 is 22.8 Å². The summed E-state index contributed by atoms with van der Waals surface area (Å²) in [6.45, 7) is -0.00371. The Bertz CT molecular complexity index is 1090. The molecule has 0 aliphatic carbocycles. The zero-order chi connectivity index (χ0) is 21.0. The van der Waals surface area contributed by atoms with Crippen molar-refractivity contribution in [3.8, 4) is 0 Å². The Balaban J connectivity index is 1.70. The van der Waals surface area contributed by atoms with E-state index in [1.165, 1.54) is 18.3 Å². The Morgan fingerprint density at radius 2 is 1.90 bits per heavy atom. The highest BCUT2D eigenvalue weighted by Gasteiger charge is 2.30. The van der Waals surface area contributed by atoms with Crippen LogP contribution in [0.15, 0.2) is 59.8 Å². The number of aromatic nitrogens is 1. The number of rotatable bonds is 6. The fraction of sp³-hybridized carbons (Fsp3) is 0.150. The van der Waals surface area contributed by atoms with E-state index in [-0.39, 0.29) is 18.5 Å². The van der Waals surface area contributed by atoms with Gasteiger partial charge < -0.3 is 10.3 Å². The molecule has 2 amide bonds. The van der Waals surface area contributed by atoms with Crippen molar-refractivity contribution >= 4 is 28.9 Å². The lowest BCUT2D eigenvalue weighted by Crippen LogP contribution is -2.20. The number of hydrazone groups is 1. The van der Waals surface area contributed by atoms with Crippen LogP contribution in [0.5, 0.6) is 0 Å². The summed E-state index contributed by atoms with van der Waals surface area (Å²) < 4.78 is 39.9. The molecule has 3 N–H and O–H groups in total. The summed E-state index contributed by atoms with van der Waals surface area (Å²) in [5.74, 6) is -1.05. The van der Waals surface area contributed by atoms with E-state index < -0.39 is 23.6 Å². The topological polar surface area (TPSA) is 89.5 Å². The average Bonchev–Trinajstić information content (AvgIpc) is 2.98. The monoisotopic (exact) mass is 402 g/mol. The number of nitrogens with one attached hydrogen (secondary N) is 1. The van der Waals surface area contributed by atoms with Gasteiger partial charge in [-0.2, -0.15) is 18.3 Å². The van der Waals surface area contributed by atoms with Crippen LogP contribution in [0.2, 0.25) is 0 Å². The molecule has 150 valence electrons. The molecule has 3 aromatic rings. The van der Waals surface area contributed by atoms with E-state index in [4.69, 9.17) is 5.73 Å². The maximum Gasteiger partial charge on any atom is 0.416 e. The fourth-order valence-corrected chi connectivity index (χ4v) is 2.93. The highest BCUT2D eigenvalue weighted by atomic mass is 19.4. The predicted octanol–water partition coefficient (Wildman–Crippen LogP) is 2.84. The van der Waals surface area contributed by atoms with E-state index in [1.54, 1.807) is 10.8 Å². The number of hydrogen-bond donors (Lipinski definition) is 2. The van der Waals surface area contributed by atoms with Crippen LogP contribution in [0.4, 0.5) is 13.2 Å². The lowest BCUT2D eigenvalue weighted by Gasteiger charge is -2.08. The van der Waals surface area contributed by atoms with Crippen LogP contribution in [0.1, 0.15) is 16.7 Å². The number of amides is 2. The van der Waals surface area contributed by atoms with E-state index in [1.807, 2.05) is 24.3 Å². The molecular weight excluding hydrogens is 385 g/mol. The van der Waals surface area contributed by atoms with Crippen LogP contribution in [0.25, 0.3) is 10.9 Å². The summed E-state index contributed by atoms with van der Waals surface area (Å²) in [7, 11) is 0. The van der Waals surface area contributed by atoms with Crippen LogP contribution in [-0.2, 0) is 28.7 Å². The van der Waals surface area contributed by atoms with E-state index >= 15 is 0 Å². The normalized spacial score (nSPS) is 11.8. The zero-order valence-electron chi connectivity index (χ0n) is 15.1. The molecule has 0 aliphatic rings. The third kappa shape index (κ3) is 5.01. The highest BCUT2D eigenvalue weighted by Crippen LogP contribution is 2.29. The molecule has 0 aliphatic heterocycles. The molecule has 3 rings (SSSR count). The van der Waals surface area contributed by atoms with Gasteiger partial charge in [0.15, 0.2) is 0 Å². The van der Waals surface area contributed by atoms with E-state index in [2.05, 4.69) is 10.5 Å². The molecule has 0 bridgehead atoms. The molecule has 0 saturated heterocycles. The summed E-state index contributed by atoms with van der Waals surface area (Å²) in [6, 6.07) is 11.9. The summed E-state index contributed by atoms with van der Waals surface area (Å²) in [6.07, 6.45) is -1.63. The number of carbonyl (C=O) groups excluding carboxylic acids is 2. The average molecular weight is 402 g/mol. The molecule has 1 heterocycles. The number of fused-ring (bicyclic) bond motifs is 1. The first-order valence-corrected chi connectivity index (χ1v) is 8.58. The van der Waals surface area contributed by atoms with Gasteiger partial charge in [-0.1, -0.05) is 36.4 Å². The van der Waals surface area contributed by atoms with Crippen molar-refractivity contribution in [2.24, 2.45) is 10.8 Å². The van der Waals surface area contributed by atoms with Crippen LogP contribution < -0.4 is 11.2 Å². The van der Waals surface area contributed by atoms with Crippen LogP contribution in [0.3, 0.4) is 0 Å². The van der Waals surface area contributed by atoms with Gasteiger partial charge in [-0.3, -0.25) is 9.59 Å². The van der Waals surface area contributed by atoms with Crippen LogP contribution in [0, 0.1) is 0 Å². The SMILES string of the molecule is NC(=O)Cn1cc(/C=N/NC(=O)Cc2cccc(C(F)(F)F)c2)c2ccccc21. The Labute approximate surface area is 163 Å². The number of carbonyl (C=O) groups is 2. The van der Waals surface area contributed by atoms with Crippen molar-refractivity contribution in [3.63, 3.8) is 0 Å². The maximum absolute atomic E-state index is 12.7. The van der Waals surface area contributed by atoms with Gasteiger partial charge in [0, 0.05) is 22.7 Å². The lowest BCUT2D eigenvalue weighted by atomic mass is 10.1. The summed E-state index contributed by atoms with van der Waals surface area (Å²) in [4.78, 5) is 23.2. The minimum Gasteiger partial charge on any atom is -0.368 e. The number of halogens is 3. The Morgan fingerprint density at radius 3 is 2.62 bits per heavy atom. The Kier molecular flexibility index (Phi) is 5.67. The largest absolute Gasteiger partial charge is 0.416 e. The molecule has 9 heteroatoms. The number of primary amides is 1. The van der Waals surface area contributed by atoms with Gasteiger partial charge in [0.2, 0.25) is 11.8 Å². The Hall–Kier alpha value is -3.62. The quantitative estimate of drug-likeness (QED) is 0.490. The Morgan fingerprint density at radius 1 is 1.14 bits per heavy atom. The van der Waals surface area contributed by atoms with Gasteiger partial charge in [-0.05, 0) is 17.7 Å². The van der Waals surface area contributed by atoms with Gasteiger partial charge in [0.1, 0.15) is 6.54 Å². The third-order valence-corrected chi connectivity index (χ3v) is 4.16. The third-order valence-electron chi connectivity index (χ3n) is 4.16. The second kappa shape index (κ2) is 8.17. The highest BCUT2D eigenvalue weighted by molar-refractivity contribution is 6.00. The number of benzene rings is 2. The van der Waals surface area contributed by atoms with Crippen molar-refractivity contribution in [2.45, 2.75) is 19.1 Å². The van der Waals surface area contributed by atoms with Crippen molar-refractivity contribution in [1.82, 2.24) is 9.99 Å². The molecule has 29 heavy (non-hydrogen) atoms. The number of para-hydroxylation sites is 1. The molecule has 0 unspecified atom stereocenters. The summed E-state index contributed by atoms with van der Waals surface area (Å²) >= 11 is 0. The molecule has 0 spiro atoms. The minimum absolute atomic E-state index is 0.00371. The molecule has 1 aromatic heterocycles. The fourth-order valence-electron chi connectivity index (χ4n) is 2.93. The smallest absolute Gasteiger partial charge is 0.368 e. The first kappa shape index (κ1) is 20.1. The van der Waals surface area contributed by atoms with Gasteiger partial charge in [0.05, 0.1) is 18.2 Å². The predicted molar refractivity (Wildman–Crippen MR) is 102 cm³/mol. The lowest BCUT2D eigenvalue weighted by molar-refractivity contribution is -0.137. The van der Waals surface area contributed by atoms with Crippen LogP contribution >= 0.6 is 0 Å². The minimum atomic E-state index is -4.47. The van der Waals surface area contributed by atoms with E-state index in [0.717, 1.165) is 23.0 Å². The van der Waals surface area contributed by atoms with Crippen molar-refractivity contribution in [1.29, 1.82) is 0 Å². The molecular formula is C20H17F3N4O2. The summed E-state index contributed by atoms with van der Waals surface area (Å²) in [5, 5.41) is 4.69. The van der Waals surface area contributed by atoms with Crippen LogP contribution in [-0.4, -0.2) is 22.6 Å². The molecule has 0 atom stereocenters. The number of hydrogen-bond acceptors (Lipinski definition) is 3. The molecule has 0 saturated carbocycles. The van der Waals surface area contributed by atoms with Crippen molar-refractivity contribution in [3.05, 3.63) is 71.4 Å². The van der Waals surface area contributed by atoms with Crippen molar-refractivity contribution in [2.75, 3.05) is 0 Å². The molecule has 6 nitrogen and oxygen atoms in total. The van der Waals surface area contributed by atoms with Gasteiger partial charge in [0.25, 0.3) is 0 Å². The van der Waals surface area contributed by atoms with Gasteiger partial charge in [-0.15, -0.1) is 0 Å². The second-order valence-corrected chi connectivity index (χ2v) is 6.36. The maximum atomic E-state index is 12.7. The molecule has 0 fully saturated rings. The van der Waals surface area contributed by atoms with Gasteiger partial charge in [-0.25, -0.2) is 5.43 Å². The summed E-state index contributed by atoms with van der Waals surface area (Å²) in [5.41, 5.74) is 8.41.